The number of para-hydroxylation sites is 1. The van der Waals surface area contributed by atoms with E-state index in [9.17, 15) is 4.79 Å². The number of nitrogens with zero attached hydrogens (tertiary/aromatic N) is 2. The first-order valence-electron chi connectivity index (χ1n) is 10.8. The molecule has 0 aliphatic carbocycles. The predicted molar refractivity (Wildman–Crippen MR) is 116 cm³/mol. The molecule has 160 valence electrons. The van der Waals surface area contributed by atoms with Gasteiger partial charge in [0.25, 0.3) is 0 Å². The Hall–Kier alpha value is -2.57. The predicted octanol–water partition coefficient (Wildman–Crippen LogP) is 3.77. The third-order valence-corrected chi connectivity index (χ3v) is 5.98. The van der Waals surface area contributed by atoms with E-state index in [1.54, 1.807) is 0 Å². The number of hydrogen-bond donors (Lipinski definition) is 1. The van der Waals surface area contributed by atoms with Gasteiger partial charge in [-0.25, -0.2) is 4.79 Å². The van der Waals surface area contributed by atoms with Crippen LogP contribution in [-0.4, -0.2) is 61.7 Å². The first-order valence-corrected chi connectivity index (χ1v) is 10.8. The van der Waals surface area contributed by atoms with E-state index in [0.717, 1.165) is 45.4 Å². The van der Waals surface area contributed by atoms with Crippen molar-refractivity contribution in [3.8, 4) is 0 Å². The van der Waals surface area contributed by atoms with Crippen LogP contribution in [0.25, 0.3) is 0 Å². The Morgan fingerprint density at radius 3 is 2.57 bits per heavy atom. The van der Waals surface area contributed by atoms with Crippen LogP contribution >= 0.6 is 0 Å². The lowest BCUT2D eigenvalue weighted by molar-refractivity contribution is 0.00616. The Morgan fingerprint density at radius 2 is 1.73 bits per heavy atom. The lowest BCUT2D eigenvalue weighted by Gasteiger charge is -2.31. The highest BCUT2D eigenvalue weighted by atomic mass is 16.7. The first-order chi connectivity index (χ1) is 14.7. The highest BCUT2D eigenvalue weighted by Crippen LogP contribution is 2.30. The van der Waals surface area contributed by atoms with E-state index < -0.39 is 6.16 Å². The van der Waals surface area contributed by atoms with Crippen LogP contribution in [0, 0.1) is 0 Å². The van der Waals surface area contributed by atoms with Crippen LogP contribution in [-0.2, 0) is 22.4 Å². The lowest BCUT2D eigenvalue weighted by atomic mass is 10.0. The van der Waals surface area contributed by atoms with Crippen molar-refractivity contribution in [3.63, 3.8) is 0 Å². The largest absolute Gasteiger partial charge is 0.506 e. The van der Waals surface area contributed by atoms with Crippen molar-refractivity contribution >= 4 is 11.8 Å². The fourth-order valence-corrected chi connectivity index (χ4v) is 4.47. The Balaban J connectivity index is 1.27. The summed E-state index contributed by atoms with van der Waals surface area (Å²) in [6, 6.07) is 17.3. The van der Waals surface area contributed by atoms with Gasteiger partial charge in [-0.1, -0.05) is 42.5 Å². The third kappa shape index (κ3) is 5.32. The van der Waals surface area contributed by atoms with Gasteiger partial charge in [-0.15, -0.1) is 0 Å². The molecule has 1 fully saturated rings. The molecule has 2 aromatic carbocycles. The summed E-state index contributed by atoms with van der Waals surface area (Å²) in [6.45, 7) is 5.49. The van der Waals surface area contributed by atoms with E-state index in [-0.39, 0.29) is 6.10 Å². The van der Waals surface area contributed by atoms with Gasteiger partial charge >= 0.3 is 6.16 Å². The Kier molecular flexibility index (Phi) is 6.87. The van der Waals surface area contributed by atoms with Crippen LogP contribution in [0.4, 0.5) is 10.5 Å². The number of likely N-dealkylation sites (tertiary alicyclic amines) is 1. The van der Waals surface area contributed by atoms with Crippen LogP contribution in [0.2, 0.25) is 0 Å². The van der Waals surface area contributed by atoms with Crippen LogP contribution in [0.15, 0.2) is 48.5 Å². The van der Waals surface area contributed by atoms with Crippen molar-refractivity contribution in [3.05, 3.63) is 65.2 Å². The quantitative estimate of drug-likeness (QED) is 0.554. The zero-order valence-electron chi connectivity index (χ0n) is 17.3. The molecule has 0 radical (unpaired) electrons. The van der Waals surface area contributed by atoms with Gasteiger partial charge in [-0.2, -0.15) is 0 Å². The maximum Gasteiger partial charge on any atom is 0.506 e. The molecule has 1 N–H and O–H groups in total. The summed E-state index contributed by atoms with van der Waals surface area (Å²) in [4.78, 5) is 15.4. The number of piperidine rings is 1. The third-order valence-electron chi connectivity index (χ3n) is 5.98. The summed E-state index contributed by atoms with van der Waals surface area (Å²) in [7, 11) is 0. The average Bonchev–Trinajstić information content (AvgIpc) is 2.90. The fraction of sp³-hybridized carbons (Fsp3) is 0.458. The molecular weight excluding hydrogens is 380 g/mol. The maximum atomic E-state index is 10.7. The van der Waals surface area contributed by atoms with Gasteiger partial charge in [0.15, 0.2) is 0 Å². The van der Waals surface area contributed by atoms with Gasteiger partial charge in [0.05, 0.1) is 13.2 Å². The number of carboxylic acid groups (broad SMARTS) is 1. The molecule has 0 bridgehead atoms. The van der Waals surface area contributed by atoms with Gasteiger partial charge < -0.3 is 19.5 Å². The lowest BCUT2D eigenvalue weighted by Crippen LogP contribution is -2.42. The van der Waals surface area contributed by atoms with Gasteiger partial charge in [-0.05, 0) is 48.6 Å². The van der Waals surface area contributed by atoms with E-state index in [2.05, 4.69) is 58.3 Å². The molecule has 4 rings (SSSR count). The van der Waals surface area contributed by atoms with E-state index in [1.165, 1.54) is 22.4 Å². The summed E-state index contributed by atoms with van der Waals surface area (Å²) in [5.41, 5.74) is 5.44. The molecule has 1 saturated heterocycles. The van der Waals surface area contributed by atoms with E-state index >= 15 is 0 Å². The number of fused-ring (bicyclic) bond motifs is 2. The minimum atomic E-state index is -1.18. The zero-order chi connectivity index (χ0) is 20.8. The molecule has 0 amide bonds. The standard InChI is InChI=1S/C24H30N2O4/c27-24(28)30-22-9-5-11-25(18-22)12-14-29-15-13-26-17-21-8-2-1-6-19(21)16-20-7-3-4-10-23(20)26/h1-4,6-8,10,22H,5,9,11-18H2,(H,27,28)/t22-/m1/s1. The average molecular weight is 411 g/mol. The fourth-order valence-electron chi connectivity index (χ4n) is 4.47. The van der Waals surface area contributed by atoms with Crippen LogP contribution in [0.3, 0.4) is 0 Å². The van der Waals surface area contributed by atoms with Gasteiger partial charge in [0.1, 0.15) is 6.10 Å². The van der Waals surface area contributed by atoms with Gasteiger partial charge in [-0.3, -0.25) is 4.90 Å². The van der Waals surface area contributed by atoms with Gasteiger partial charge in [0, 0.05) is 31.9 Å². The van der Waals surface area contributed by atoms with Crippen LogP contribution in [0.5, 0.6) is 0 Å². The molecule has 2 aliphatic rings. The van der Waals surface area contributed by atoms with E-state index in [4.69, 9.17) is 14.6 Å². The Bertz CT molecular complexity index is 857. The van der Waals surface area contributed by atoms with E-state index in [1.807, 2.05) is 0 Å². The molecule has 2 heterocycles. The Morgan fingerprint density at radius 1 is 1.00 bits per heavy atom. The zero-order valence-corrected chi connectivity index (χ0v) is 17.3. The topological polar surface area (TPSA) is 62.2 Å². The van der Waals surface area contributed by atoms with Crippen molar-refractivity contribution in [2.24, 2.45) is 0 Å². The minimum absolute atomic E-state index is 0.218. The SMILES string of the molecule is O=C(O)O[C@@H]1CCCN(CCOCCN2Cc3ccccc3Cc3ccccc32)C1. The second-order valence-corrected chi connectivity index (χ2v) is 8.06. The highest BCUT2D eigenvalue weighted by Gasteiger charge is 2.23. The number of hydrogen-bond acceptors (Lipinski definition) is 5. The summed E-state index contributed by atoms with van der Waals surface area (Å²) in [5.74, 6) is 0. The van der Waals surface area contributed by atoms with Crippen molar-refractivity contribution in [1.29, 1.82) is 0 Å². The van der Waals surface area contributed by atoms with Crippen molar-refractivity contribution in [1.82, 2.24) is 4.90 Å². The molecular formula is C24H30N2O4. The highest BCUT2D eigenvalue weighted by molar-refractivity contribution is 5.58. The van der Waals surface area contributed by atoms with Crippen molar-refractivity contribution < 1.29 is 19.4 Å². The number of ether oxygens (including phenoxy) is 2. The monoisotopic (exact) mass is 410 g/mol. The summed E-state index contributed by atoms with van der Waals surface area (Å²) >= 11 is 0. The first kappa shape index (κ1) is 20.7. The molecule has 30 heavy (non-hydrogen) atoms. The summed E-state index contributed by atoms with van der Waals surface area (Å²) in [5, 5.41) is 8.80. The van der Waals surface area contributed by atoms with Crippen molar-refractivity contribution in [2.75, 3.05) is 44.3 Å². The number of anilines is 1. The molecule has 6 nitrogen and oxygen atoms in total. The molecule has 0 spiro atoms. The van der Waals surface area contributed by atoms with Crippen molar-refractivity contribution in [2.45, 2.75) is 31.9 Å². The molecule has 0 unspecified atom stereocenters. The van der Waals surface area contributed by atoms with Crippen LogP contribution in [0.1, 0.15) is 29.5 Å². The minimum Gasteiger partial charge on any atom is -0.450 e. The summed E-state index contributed by atoms with van der Waals surface area (Å²) in [6.07, 6.45) is 1.34. The molecule has 0 aromatic heterocycles. The Labute approximate surface area is 178 Å². The van der Waals surface area contributed by atoms with Crippen LogP contribution < -0.4 is 4.90 Å². The second kappa shape index (κ2) is 9.96. The van der Waals surface area contributed by atoms with E-state index in [0.29, 0.717) is 19.8 Å². The molecule has 2 aromatic rings. The molecule has 2 aliphatic heterocycles. The molecule has 0 saturated carbocycles. The maximum absolute atomic E-state index is 10.7. The number of rotatable bonds is 7. The normalized spacial score (nSPS) is 18.9. The molecule has 6 heteroatoms. The molecule has 1 atom stereocenters. The smallest absolute Gasteiger partial charge is 0.450 e. The number of benzene rings is 2. The summed E-state index contributed by atoms with van der Waals surface area (Å²) < 4.78 is 10.9. The second-order valence-electron chi connectivity index (χ2n) is 8.06. The van der Waals surface area contributed by atoms with Gasteiger partial charge in [0.2, 0.25) is 0 Å². The number of carbonyl (C=O) groups is 1.